The number of hydrogen-bond acceptors (Lipinski definition) is 5. The highest BCUT2D eigenvalue weighted by molar-refractivity contribution is 5.97. The first kappa shape index (κ1) is 20.0. The van der Waals surface area contributed by atoms with Crippen molar-refractivity contribution in [3.05, 3.63) is 102 Å². The Hall–Kier alpha value is -4.26. The number of anilines is 1. The van der Waals surface area contributed by atoms with Crippen LogP contribution >= 0.6 is 0 Å². The van der Waals surface area contributed by atoms with Gasteiger partial charge in [0.05, 0.1) is 24.4 Å². The van der Waals surface area contributed by atoms with Gasteiger partial charge >= 0.3 is 0 Å². The van der Waals surface area contributed by atoms with E-state index in [-0.39, 0.29) is 18.2 Å². The lowest BCUT2D eigenvalue weighted by molar-refractivity contribution is -0.115. The first-order chi connectivity index (χ1) is 15.2. The fourth-order valence-electron chi connectivity index (χ4n) is 2.98. The van der Waals surface area contributed by atoms with Gasteiger partial charge in [0.25, 0.3) is 5.91 Å². The Morgan fingerprint density at radius 2 is 1.74 bits per heavy atom. The Morgan fingerprint density at radius 1 is 0.903 bits per heavy atom. The lowest BCUT2D eigenvalue weighted by Crippen LogP contribution is -2.23. The fourth-order valence-corrected chi connectivity index (χ4v) is 2.98. The molecule has 2 N–H and O–H groups in total. The number of hydrogen-bond donors (Lipinski definition) is 2. The van der Waals surface area contributed by atoms with E-state index in [0.29, 0.717) is 29.4 Å². The van der Waals surface area contributed by atoms with Crippen LogP contribution in [0.1, 0.15) is 21.7 Å². The van der Waals surface area contributed by atoms with Gasteiger partial charge in [0, 0.05) is 23.0 Å². The number of carbonyl (C=O) groups is 2. The lowest BCUT2D eigenvalue weighted by Gasteiger charge is -2.08. The number of nitrogens with zero attached hydrogens (tertiary/aromatic N) is 2. The first-order valence-corrected chi connectivity index (χ1v) is 9.75. The van der Waals surface area contributed by atoms with Gasteiger partial charge < -0.3 is 15.1 Å². The second-order valence-corrected chi connectivity index (χ2v) is 6.82. The van der Waals surface area contributed by atoms with Crippen molar-refractivity contribution in [3.63, 3.8) is 0 Å². The van der Waals surface area contributed by atoms with Crippen molar-refractivity contribution in [2.75, 3.05) is 5.32 Å². The second kappa shape index (κ2) is 9.49. The molecule has 2 heterocycles. The van der Waals surface area contributed by atoms with Crippen molar-refractivity contribution in [1.82, 2.24) is 15.3 Å². The van der Waals surface area contributed by atoms with E-state index in [4.69, 9.17) is 4.42 Å². The summed E-state index contributed by atoms with van der Waals surface area (Å²) in [6.45, 7) is 0.326. The Labute approximate surface area is 179 Å². The molecule has 7 nitrogen and oxygen atoms in total. The molecular weight excluding hydrogens is 392 g/mol. The Bertz CT molecular complexity index is 1170. The maximum absolute atomic E-state index is 12.4. The van der Waals surface area contributed by atoms with Gasteiger partial charge in [0.2, 0.25) is 11.8 Å². The van der Waals surface area contributed by atoms with E-state index in [1.165, 1.54) is 6.26 Å². The van der Waals surface area contributed by atoms with Crippen LogP contribution in [0.2, 0.25) is 0 Å². The third-order valence-electron chi connectivity index (χ3n) is 4.48. The first-order valence-electron chi connectivity index (χ1n) is 9.75. The Balaban J connectivity index is 1.34. The highest BCUT2D eigenvalue weighted by Crippen LogP contribution is 2.18. The molecule has 154 valence electrons. The predicted molar refractivity (Wildman–Crippen MR) is 116 cm³/mol. The third-order valence-corrected chi connectivity index (χ3v) is 4.48. The molecule has 0 aliphatic rings. The van der Waals surface area contributed by atoms with Crippen molar-refractivity contribution in [1.29, 1.82) is 0 Å². The molecule has 2 amide bonds. The number of pyridine rings is 1. The van der Waals surface area contributed by atoms with E-state index in [2.05, 4.69) is 20.6 Å². The molecule has 0 saturated carbocycles. The van der Waals surface area contributed by atoms with Crippen LogP contribution in [-0.4, -0.2) is 21.8 Å². The SMILES string of the molecule is O=C(Cc1coc(-c2ccccc2)n1)Nc1cccc(C(=O)NCc2ccccn2)c1. The largest absolute Gasteiger partial charge is 0.444 e. The molecule has 4 aromatic rings. The average Bonchev–Trinajstić information content (AvgIpc) is 3.27. The summed E-state index contributed by atoms with van der Waals surface area (Å²) in [4.78, 5) is 33.4. The van der Waals surface area contributed by atoms with E-state index < -0.39 is 0 Å². The standard InChI is InChI=1S/C24H20N4O3/c29-22(14-21-16-31-24(28-21)17-7-2-1-3-8-17)27-19-11-6-9-18(13-19)23(30)26-15-20-10-4-5-12-25-20/h1-13,16H,14-15H2,(H,26,30)(H,27,29). The molecule has 0 spiro atoms. The highest BCUT2D eigenvalue weighted by atomic mass is 16.3. The van der Waals surface area contributed by atoms with Crippen LogP contribution in [0.5, 0.6) is 0 Å². The number of amides is 2. The Morgan fingerprint density at radius 3 is 2.55 bits per heavy atom. The molecule has 0 unspecified atom stereocenters. The summed E-state index contributed by atoms with van der Waals surface area (Å²) in [5.74, 6) is -0.0281. The van der Waals surface area contributed by atoms with Crippen LogP contribution in [-0.2, 0) is 17.8 Å². The topological polar surface area (TPSA) is 97.1 Å². The predicted octanol–water partition coefficient (Wildman–Crippen LogP) is 3.85. The molecule has 7 heteroatoms. The molecular formula is C24H20N4O3. The number of aromatic nitrogens is 2. The second-order valence-electron chi connectivity index (χ2n) is 6.82. The monoisotopic (exact) mass is 412 g/mol. The van der Waals surface area contributed by atoms with Crippen LogP contribution in [0.3, 0.4) is 0 Å². The summed E-state index contributed by atoms with van der Waals surface area (Å²) in [6, 6.07) is 21.8. The summed E-state index contributed by atoms with van der Waals surface area (Å²) < 4.78 is 5.47. The molecule has 2 aromatic heterocycles. The zero-order valence-electron chi connectivity index (χ0n) is 16.6. The van der Waals surface area contributed by atoms with Crippen molar-refractivity contribution in [3.8, 4) is 11.5 Å². The van der Waals surface area contributed by atoms with Crippen molar-refractivity contribution >= 4 is 17.5 Å². The molecule has 0 aliphatic carbocycles. The van der Waals surface area contributed by atoms with Gasteiger partial charge in [-0.25, -0.2) is 4.98 Å². The third kappa shape index (κ3) is 5.42. The van der Waals surface area contributed by atoms with E-state index in [9.17, 15) is 9.59 Å². The summed E-state index contributed by atoms with van der Waals surface area (Å²) in [5, 5.41) is 5.61. The summed E-state index contributed by atoms with van der Waals surface area (Å²) in [6.07, 6.45) is 3.21. The van der Waals surface area contributed by atoms with Crippen molar-refractivity contribution in [2.45, 2.75) is 13.0 Å². The smallest absolute Gasteiger partial charge is 0.251 e. The number of nitrogens with one attached hydrogen (secondary N) is 2. The van der Waals surface area contributed by atoms with E-state index in [1.807, 2.05) is 48.5 Å². The Kier molecular flexibility index (Phi) is 6.13. The number of carbonyl (C=O) groups excluding carboxylic acids is 2. The normalized spacial score (nSPS) is 10.5. The lowest BCUT2D eigenvalue weighted by atomic mass is 10.1. The summed E-state index contributed by atoms with van der Waals surface area (Å²) in [7, 11) is 0. The number of oxazole rings is 1. The van der Waals surface area contributed by atoms with Gasteiger partial charge in [0.15, 0.2) is 0 Å². The minimum Gasteiger partial charge on any atom is -0.444 e. The quantitative estimate of drug-likeness (QED) is 0.481. The molecule has 0 fully saturated rings. The van der Waals surface area contributed by atoms with Crippen LogP contribution in [0.25, 0.3) is 11.5 Å². The van der Waals surface area contributed by atoms with Crippen molar-refractivity contribution in [2.24, 2.45) is 0 Å². The summed E-state index contributed by atoms with van der Waals surface area (Å²) >= 11 is 0. The van der Waals surface area contributed by atoms with Gasteiger partial charge in [-0.05, 0) is 42.5 Å². The van der Waals surface area contributed by atoms with Gasteiger partial charge in [-0.2, -0.15) is 0 Å². The number of benzene rings is 2. The van der Waals surface area contributed by atoms with Crippen molar-refractivity contribution < 1.29 is 14.0 Å². The van der Waals surface area contributed by atoms with E-state index >= 15 is 0 Å². The van der Waals surface area contributed by atoms with Crippen LogP contribution in [0.15, 0.2) is 89.7 Å². The van der Waals surface area contributed by atoms with Gasteiger partial charge in [-0.15, -0.1) is 0 Å². The van der Waals surface area contributed by atoms with Gasteiger partial charge in [-0.3, -0.25) is 14.6 Å². The molecule has 0 saturated heterocycles. The van der Waals surface area contributed by atoms with E-state index in [0.717, 1.165) is 11.3 Å². The minimum absolute atomic E-state index is 0.0619. The zero-order chi connectivity index (χ0) is 21.5. The van der Waals surface area contributed by atoms with Gasteiger partial charge in [-0.1, -0.05) is 30.3 Å². The summed E-state index contributed by atoms with van der Waals surface area (Å²) in [5.41, 5.74) is 3.12. The molecule has 0 radical (unpaired) electrons. The molecule has 0 aliphatic heterocycles. The fraction of sp³-hybridized carbons (Fsp3) is 0.0833. The number of rotatable bonds is 7. The maximum Gasteiger partial charge on any atom is 0.251 e. The van der Waals surface area contributed by atoms with Crippen LogP contribution in [0.4, 0.5) is 5.69 Å². The maximum atomic E-state index is 12.4. The molecule has 4 rings (SSSR count). The molecule has 2 aromatic carbocycles. The molecule has 31 heavy (non-hydrogen) atoms. The van der Waals surface area contributed by atoms with Crippen LogP contribution in [0, 0.1) is 0 Å². The molecule has 0 atom stereocenters. The minimum atomic E-state index is -0.251. The average molecular weight is 412 g/mol. The van der Waals surface area contributed by atoms with Gasteiger partial charge in [0.1, 0.15) is 6.26 Å². The highest BCUT2D eigenvalue weighted by Gasteiger charge is 2.12. The van der Waals surface area contributed by atoms with E-state index in [1.54, 1.807) is 30.5 Å². The zero-order valence-corrected chi connectivity index (χ0v) is 16.6. The van der Waals surface area contributed by atoms with Crippen LogP contribution < -0.4 is 10.6 Å². The molecule has 0 bridgehead atoms.